The first-order valence-electron chi connectivity index (χ1n) is 6.00. The summed E-state index contributed by atoms with van der Waals surface area (Å²) in [5.41, 5.74) is 4.67. The summed E-state index contributed by atoms with van der Waals surface area (Å²) in [5, 5.41) is 12.0. The Morgan fingerprint density at radius 1 is 1.55 bits per heavy atom. The molecule has 1 amide bonds. The summed E-state index contributed by atoms with van der Waals surface area (Å²) in [5.74, 6) is -2.20. The van der Waals surface area contributed by atoms with Gasteiger partial charge in [0.25, 0.3) is 11.5 Å². The van der Waals surface area contributed by atoms with Gasteiger partial charge in [0.1, 0.15) is 0 Å². The van der Waals surface area contributed by atoms with Crippen LogP contribution < -0.4 is 21.7 Å². The van der Waals surface area contributed by atoms with E-state index in [0.717, 1.165) is 11.8 Å². The van der Waals surface area contributed by atoms with Gasteiger partial charge in [0.05, 0.1) is 12.2 Å². The molecule has 0 aliphatic rings. The van der Waals surface area contributed by atoms with Crippen LogP contribution in [0.2, 0.25) is 0 Å². The Kier molecular flexibility index (Phi) is 4.51. The van der Waals surface area contributed by atoms with Gasteiger partial charge in [-0.25, -0.2) is 4.98 Å². The minimum atomic E-state index is -1.30. The monoisotopic (exact) mass is 323 g/mol. The largest absolute Gasteiger partial charge is 0.549 e. The topological polar surface area (TPSA) is 154 Å². The van der Waals surface area contributed by atoms with Crippen molar-refractivity contribution in [2.24, 2.45) is 0 Å². The van der Waals surface area contributed by atoms with Crippen LogP contribution in [0, 0.1) is 0 Å². The maximum Gasteiger partial charge on any atom is 0.291 e. The van der Waals surface area contributed by atoms with Crippen molar-refractivity contribution in [2.75, 3.05) is 11.1 Å². The molecule has 0 saturated heterocycles. The minimum Gasteiger partial charge on any atom is -0.549 e. The lowest BCUT2D eigenvalue weighted by Gasteiger charge is -2.12. The van der Waals surface area contributed by atoms with Crippen LogP contribution in [0.25, 0.3) is 0 Å². The fourth-order valence-corrected chi connectivity index (χ4v) is 2.18. The van der Waals surface area contributed by atoms with Crippen molar-refractivity contribution >= 4 is 35.1 Å². The van der Waals surface area contributed by atoms with Crippen molar-refractivity contribution < 1.29 is 19.1 Å². The molecule has 22 heavy (non-hydrogen) atoms. The number of carbonyl (C=O) groups is 2. The number of H-pyrrole nitrogens is 1. The van der Waals surface area contributed by atoms with E-state index in [1.54, 1.807) is 0 Å². The second-order valence-electron chi connectivity index (χ2n) is 4.14. The molecule has 2 heterocycles. The molecule has 0 bridgehead atoms. The number of nitrogens with one attached hydrogen (secondary N) is 2. The van der Waals surface area contributed by atoms with E-state index in [1.807, 2.05) is 0 Å². The quantitative estimate of drug-likeness (QED) is 0.488. The Morgan fingerprint density at radius 2 is 2.27 bits per heavy atom. The summed E-state index contributed by atoms with van der Waals surface area (Å²) in [6, 6.07) is 2.93. The number of rotatable bonds is 5. The Hall–Kier alpha value is -2.75. The van der Waals surface area contributed by atoms with Crippen LogP contribution in [0.5, 0.6) is 0 Å². The zero-order chi connectivity index (χ0) is 16.3. The SMILES string of the molecule is C[C@H](Sc1nc(N)c(NC(=O)c2ccco2)c(=O)[nH]1)C(=O)[O-]. The molecular formula is C12H11N4O5S-. The van der Waals surface area contributed by atoms with E-state index in [2.05, 4.69) is 15.3 Å². The summed E-state index contributed by atoms with van der Waals surface area (Å²) in [6.45, 7) is 1.38. The number of nitrogens with zero attached hydrogens (tertiary/aromatic N) is 1. The van der Waals surface area contributed by atoms with Crippen LogP contribution in [-0.4, -0.2) is 27.1 Å². The van der Waals surface area contributed by atoms with Crippen molar-refractivity contribution in [1.82, 2.24) is 9.97 Å². The number of aromatic nitrogens is 2. The van der Waals surface area contributed by atoms with Gasteiger partial charge in [0, 0.05) is 5.25 Å². The number of hydrogen-bond acceptors (Lipinski definition) is 8. The molecule has 4 N–H and O–H groups in total. The smallest absolute Gasteiger partial charge is 0.291 e. The molecule has 0 saturated carbocycles. The van der Waals surface area contributed by atoms with Gasteiger partial charge >= 0.3 is 0 Å². The lowest BCUT2D eigenvalue weighted by Crippen LogP contribution is -2.31. The highest BCUT2D eigenvalue weighted by atomic mass is 32.2. The summed E-state index contributed by atoms with van der Waals surface area (Å²) in [7, 11) is 0. The zero-order valence-electron chi connectivity index (χ0n) is 11.3. The number of anilines is 2. The summed E-state index contributed by atoms with van der Waals surface area (Å²) in [6.07, 6.45) is 1.31. The summed E-state index contributed by atoms with van der Waals surface area (Å²) >= 11 is 0.765. The van der Waals surface area contributed by atoms with Crippen molar-refractivity contribution in [3.05, 3.63) is 34.5 Å². The number of nitrogen functional groups attached to an aromatic ring is 1. The molecule has 0 aliphatic heterocycles. The van der Waals surface area contributed by atoms with Crippen LogP contribution in [0.15, 0.2) is 32.8 Å². The van der Waals surface area contributed by atoms with Gasteiger partial charge in [-0.3, -0.25) is 14.6 Å². The molecule has 116 valence electrons. The van der Waals surface area contributed by atoms with E-state index < -0.39 is 22.7 Å². The number of furan rings is 1. The molecular weight excluding hydrogens is 312 g/mol. The number of carboxylic acid groups (broad SMARTS) is 1. The van der Waals surface area contributed by atoms with Crippen LogP contribution >= 0.6 is 11.8 Å². The number of nitrogens with two attached hydrogens (primary N) is 1. The first-order chi connectivity index (χ1) is 10.4. The Balaban J connectivity index is 2.22. The fourth-order valence-electron chi connectivity index (χ4n) is 1.44. The molecule has 1 atom stereocenters. The van der Waals surface area contributed by atoms with E-state index in [4.69, 9.17) is 10.2 Å². The number of aromatic amines is 1. The van der Waals surface area contributed by atoms with Crippen LogP contribution in [-0.2, 0) is 4.79 Å². The number of amides is 1. The average molecular weight is 323 g/mol. The average Bonchev–Trinajstić information content (AvgIpc) is 2.96. The first-order valence-corrected chi connectivity index (χ1v) is 6.88. The molecule has 0 spiro atoms. The van der Waals surface area contributed by atoms with E-state index >= 15 is 0 Å². The molecule has 0 fully saturated rings. The first kappa shape index (κ1) is 15.6. The van der Waals surface area contributed by atoms with Crippen LogP contribution in [0.4, 0.5) is 11.5 Å². The molecule has 0 aromatic carbocycles. The lowest BCUT2D eigenvalue weighted by molar-refractivity contribution is -0.304. The predicted octanol–water partition coefficient (Wildman–Crippen LogP) is -0.572. The molecule has 2 aromatic rings. The molecule has 0 radical (unpaired) electrons. The third kappa shape index (κ3) is 3.47. The van der Waals surface area contributed by atoms with E-state index in [-0.39, 0.29) is 22.4 Å². The number of hydrogen-bond donors (Lipinski definition) is 3. The highest BCUT2D eigenvalue weighted by Gasteiger charge is 2.16. The van der Waals surface area contributed by atoms with Gasteiger partial charge in [0.2, 0.25) is 0 Å². The van der Waals surface area contributed by atoms with E-state index in [1.165, 1.54) is 25.3 Å². The number of thioether (sulfide) groups is 1. The minimum absolute atomic E-state index is 0.00262. The normalized spacial score (nSPS) is 11.9. The number of carbonyl (C=O) groups excluding carboxylic acids is 2. The molecule has 2 aromatic heterocycles. The molecule has 10 heteroatoms. The van der Waals surface area contributed by atoms with Crippen molar-refractivity contribution in [3.63, 3.8) is 0 Å². The third-order valence-corrected chi connectivity index (χ3v) is 3.49. The van der Waals surface area contributed by atoms with Crippen molar-refractivity contribution in [3.8, 4) is 0 Å². The van der Waals surface area contributed by atoms with Crippen LogP contribution in [0.1, 0.15) is 17.5 Å². The maximum atomic E-state index is 11.9. The second kappa shape index (κ2) is 6.35. The van der Waals surface area contributed by atoms with E-state index in [0.29, 0.717) is 0 Å². The van der Waals surface area contributed by atoms with Gasteiger partial charge in [-0.1, -0.05) is 11.8 Å². The Labute approximate surface area is 127 Å². The third-order valence-electron chi connectivity index (χ3n) is 2.53. The zero-order valence-corrected chi connectivity index (χ0v) is 12.1. The Bertz CT molecular complexity index is 755. The molecule has 2 rings (SSSR count). The van der Waals surface area contributed by atoms with E-state index in [9.17, 15) is 19.5 Å². The molecule has 0 aliphatic carbocycles. The molecule has 9 nitrogen and oxygen atoms in total. The van der Waals surface area contributed by atoms with Crippen LogP contribution in [0.3, 0.4) is 0 Å². The predicted molar refractivity (Wildman–Crippen MR) is 76.3 cm³/mol. The van der Waals surface area contributed by atoms with Crippen molar-refractivity contribution in [2.45, 2.75) is 17.3 Å². The second-order valence-corrected chi connectivity index (χ2v) is 5.47. The van der Waals surface area contributed by atoms with Gasteiger partial charge in [0.15, 0.2) is 22.4 Å². The highest BCUT2D eigenvalue weighted by Crippen LogP contribution is 2.21. The summed E-state index contributed by atoms with van der Waals surface area (Å²) in [4.78, 5) is 40.6. The van der Waals surface area contributed by atoms with Gasteiger partial charge in [-0.05, 0) is 19.1 Å². The number of carboxylic acids is 1. The van der Waals surface area contributed by atoms with Gasteiger partial charge in [-0.15, -0.1) is 0 Å². The number of aliphatic carboxylic acids is 1. The standard InChI is InChI=1S/C12H12N4O5S/c1-5(11(19)20)22-12-15-8(13)7(10(18)16-12)14-9(17)6-3-2-4-21-6/h2-5H,1H3,(H,14,17)(H,19,20)(H3,13,15,16,18)/p-1/t5-/m0/s1. The summed E-state index contributed by atoms with van der Waals surface area (Å²) < 4.78 is 4.89. The highest BCUT2D eigenvalue weighted by molar-refractivity contribution is 8.00. The lowest BCUT2D eigenvalue weighted by atomic mass is 10.4. The fraction of sp³-hybridized carbons (Fsp3) is 0.167. The van der Waals surface area contributed by atoms with Gasteiger partial charge < -0.3 is 25.4 Å². The van der Waals surface area contributed by atoms with Gasteiger partial charge in [-0.2, -0.15) is 0 Å². The molecule has 0 unspecified atom stereocenters. The van der Waals surface area contributed by atoms with Crippen molar-refractivity contribution in [1.29, 1.82) is 0 Å². The maximum absolute atomic E-state index is 11.9. The Morgan fingerprint density at radius 3 is 2.82 bits per heavy atom.